The van der Waals surface area contributed by atoms with Gasteiger partial charge in [-0.2, -0.15) is 0 Å². The first-order chi connectivity index (χ1) is 1.41. The molecular formula is CHF2Li2+. The summed E-state index contributed by atoms with van der Waals surface area (Å²) in [5.74, 6) is 0. The zero-order valence-electron chi connectivity index (χ0n) is 3.33. The standard InChI is InChI=1S/CHF2.2Li/c2-1-3;;/h1H;;/q-1;2*+1. The van der Waals surface area contributed by atoms with Crippen molar-refractivity contribution in [2.24, 2.45) is 0 Å². The number of rotatable bonds is 0. The predicted octanol–water partition coefficient (Wildman–Crippen LogP) is -4.95. The average molecular weight is 64.9 g/mol. The number of hydrogen-bond acceptors (Lipinski definition) is 0. The number of halogens is 2. The van der Waals surface area contributed by atoms with E-state index in [0.717, 1.165) is 0 Å². The molecule has 0 aromatic heterocycles. The summed E-state index contributed by atoms with van der Waals surface area (Å²) in [5, 5.41) is 0. The Hall–Kier alpha value is 1.05. The molecule has 0 saturated carbocycles. The maximum Gasteiger partial charge on any atom is 1.00 e. The molecule has 0 unspecified atom stereocenters. The van der Waals surface area contributed by atoms with E-state index in [1.54, 1.807) is 0 Å². The van der Waals surface area contributed by atoms with Gasteiger partial charge in [-0.3, -0.25) is 0 Å². The fourth-order valence-electron chi connectivity index (χ4n) is 0. The van der Waals surface area contributed by atoms with Crippen LogP contribution in [-0.2, 0) is 0 Å². The molecule has 0 spiro atoms. The van der Waals surface area contributed by atoms with Gasteiger partial charge < -0.3 is 8.78 Å². The quantitative estimate of drug-likeness (QED) is 0.196. The van der Waals surface area contributed by atoms with Crippen LogP contribution in [0.1, 0.15) is 0 Å². The van der Waals surface area contributed by atoms with Crippen molar-refractivity contribution < 1.29 is 46.5 Å². The second-order valence-corrected chi connectivity index (χ2v) is 0.0825. The van der Waals surface area contributed by atoms with Gasteiger partial charge in [0.15, 0.2) is 0 Å². The number of hydrogen-bond donors (Lipinski definition) is 0. The van der Waals surface area contributed by atoms with Crippen molar-refractivity contribution in [1.82, 2.24) is 0 Å². The fraction of sp³-hybridized carbons (Fsp3) is 0. The largest absolute Gasteiger partial charge is 1.00 e. The molecule has 0 amide bonds. The summed E-state index contributed by atoms with van der Waals surface area (Å²) in [6.45, 7) is -1.00. The molecule has 0 N–H and O–H groups in total. The smallest absolute Gasteiger partial charge is 0.425 e. The van der Waals surface area contributed by atoms with Gasteiger partial charge in [-0.15, -0.1) is 0 Å². The van der Waals surface area contributed by atoms with E-state index < -0.39 is 6.93 Å². The summed E-state index contributed by atoms with van der Waals surface area (Å²) in [6.07, 6.45) is 0. The zero-order chi connectivity index (χ0) is 2.71. The third-order valence-electron chi connectivity index (χ3n) is 0. The van der Waals surface area contributed by atoms with Crippen LogP contribution in [0.4, 0.5) is 8.78 Å². The van der Waals surface area contributed by atoms with Gasteiger partial charge in [-0.25, -0.2) is 0 Å². The minimum atomic E-state index is -1.00. The summed E-state index contributed by atoms with van der Waals surface area (Å²) >= 11 is 0. The SMILES string of the molecule is F[CH-]F.[Li+].[Li+]. The first-order valence-electron chi connectivity index (χ1n) is 0.436. The van der Waals surface area contributed by atoms with Crippen molar-refractivity contribution >= 4 is 0 Å². The van der Waals surface area contributed by atoms with E-state index in [1.807, 2.05) is 0 Å². The van der Waals surface area contributed by atoms with Crippen molar-refractivity contribution in [1.29, 1.82) is 0 Å². The molecule has 0 fully saturated rings. The van der Waals surface area contributed by atoms with Crippen LogP contribution in [-0.4, -0.2) is 0 Å². The Bertz CT molecular complexity index is 7.61. The topological polar surface area (TPSA) is 0 Å². The third-order valence-corrected chi connectivity index (χ3v) is 0. The van der Waals surface area contributed by atoms with Crippen molar-refractivity contribution in [2.45, 2.75) is 0 Å². The van der Waals surface area contributed by atoms with Crippen molar-refractivity contribution in [3.63, 3.8) is 0 Å². The molecule has 5 heavy (non-hydrogen) atoms. The molecular weight excluding hydrogens is 63.9 g/mol. The van der Waals surface area contributed by atoms with Gasteiger partial charge in [0.25, 0.3) is 0 Å². The molecule has 20 valence electrons. The fourth-order valence-corrected chi connectivity index (χ4v) is 0. The predicted molar refractivity (Wildman–Crippen MR) is 6.52 cm³/mol. The van der Waals surface area contributed by atoms with Crippen LogP contribution in [0.25, 0.3) is 0 Å². The Morgan fingerprint density at radius 2 is 1.00 bits per heavy atom. The maximum atomic E-state index is 9.50. The molecule has 0 nitrogen and oxygen atoms in total. The van der Waals surface area contributed by atoms with Crippen LogP contribution < -0.4 is 37.7 Å². The van der Waals surface area contributed by atoms with Gasteiger partial charge in [0, 0.05) is 0 Å². The third kappa shape index (κ3) is 42.4. The Morgan fingerprint density at radius 1 is 1.00 bits per heavy atom. The van der Waals surface area contributed by atoms with Crippen LogP contribution in [0.2, 0.25) is 0 Å². The second kappa shape index (κ2) is 19.7. The summed E-state index contributed by atoms with van der Waals surface area (Å²) in [7, 11) is 0. The summed E-state index contributed by atoms with van der Waals surface area (Å²) < 4.78 is 19.0. The summed E-state index contributed by atoms with van der Waals surface area (Å²) in [4.78, 5) is 0. The normalized spacial score (nSPS) is 3.60. The maximum absolute atomic E-state index is 9.50. The summed E-state index contributed by atoms with van der Waals surface area (Å²) in [5.41, 5.74) is 0. The molecule has 0 aromatic carbocycles. The van der Waals surface area contributed by atoms with E-state index in [9.17, 15) is 8.78 Å². The molecule has 0 saturated heterocycles. The Kier molecular flexibility index (Phi) is 65.3. The summed E-state index contributed by atoms with van der Waals surface area (Å²) in [6, 6.07) is 0. The van der Waals surface area contributed by atoms with E-state index in [1.165, 1.54) is 0 Å². The molecule has 0 heterocycles. The molecule has 0 aliphatic rings. The van der Waals surface area contributed by atoms with E-state index in [2.05, 4.69) is 0 Å². The van der Waals surface area contributed by atoms with Gasteiger partial charge in [0.05, 0.1) is 0 Å². The van der Waals surface area contributed by atoms with Crippen molar-refractivity contribution in [2.75, 3.05) is 0 Å². The second-order valence-electron chi connectivity index (χ2n) is 0.0825. The molecule has 0 aromatic rings. The molecule has 4 heteroatoms. The van der Waals surface area contributed by atoms with E-state index in [4.69, 9.17) is 0 Å². The molecule has 0 radical (unpaired) electrons. The Balaban J connectivity index is -0.0000000200. The Morgan fingerprint density at radius 3 is 1.00 bits per heavy atom. The van der Waals surface area contributed by atoms with E-state index in [0.29, 0.717) is 0 Å². The average Bonchev–Trinajstić information content (AvgIpc) is 0.918. The van der Waals surface area contributed by atoms with Crippen LogP contribution in [0, 0.1) is 6.93 Å². The Labute approximate surface area is 53.7 Å². The first kappa shape index (κ1) is 16.6. The van der Waals surface area contributed by atoms with Gasteiger partial charge in [0.2, 0.25) is 0 Å². The van der Waals surface area contributed by atoms with Crippen LogP contribution in [0.5, 0.6) is 0 Å². The van der Waals surface area contributed by atoms with Crippen molar-refractivity contribution in [3.05, 3.63) is 6.93 Å². The zero-order valence-corrected chi connectivity index (χ0v) is 3.33. The molecule has 0 aliphatic carbocycles. The molecule has 0 aliphatic heterocycles. The van der Waals surface area contributed by atoms with Crippen LogP contribution in [0.3, 0.4) is 0 Å². The van der Waals surface area contributed by atoms with Gasteiger partial charge >= 0.3 is 37.7 Å². The van der Waals surface area contributed by atoms with E-state index in [-0.39, 0.29) is 37.7 Å². The van der Waals surface area contributed by atoms with Crippen LogP contribution >= 0.6 is 0 Å². The molecule has 0 bridgehead atoms. The monoisotopic (exact) mass is 65.0 g/mol. The van der Waals surface area contributed by atoms with Gasteiger partial charge in [-0.05, 0) is 6.93 Å². The first-order valence-corrected chi connectivity index (χ1v) is 0.436. The minimum absolute atomic E-state index is 0. The van der Waals surface area contributed by atoms with E-state index >= 15 is 0 Å². The minimum Gasteiger partial charge on any atom is -0.425 e. The van der Waals surface area contributed by atoms with Crippen LogP contribution in [0.15, 0.2) is 0 Å². The van der Waals surface area contributed by atoms with Crippen molar-refractivity contribution in [3.8, 4) is 0 Å². The molecule has 0 atom stereocenters. The van der Waals surface area contributed by atoms with Gasteiger partial charge in [-0.1, -0.05) is 0 Å². The molecule has 0 rings (SSSR count). The van der Waals surface area contributed by atoms with Gasteiger partial charge in [0.1, 0.15) is 0 Å².